The second-order valence-corrected chi connectivity index (χ2v) is 8.35. The van der Waals surface area contributed by atoms with Gasteiger partial charge in [-0.25, -0.2) is 4.99 Å². The summed E-state index contributed by atoms with van der Waals surface area (Å²) in [5, 5.41) is 11.2. The number of aromatic nitrogens is 2. The number of likely N-dealkylation sites (tertiary alicyclic amines) is 1. The van der Waals surface area contributed by atoms with Crippen LogP contribution in [0.2, 0.25) is 0 Å². The van der Waals surface area contributed by atoms with Crippen molar-refractivity contribution in [1.82, 2.24) is 25.3 Å². The summed E-state index contributed by atoms with van der Waals surface area (Å²) >= 11 is 0. The SMILES string of the molecule is CCNC(=NCc1ccccc1Cn1cccn1)NCCCCN1CCCC(C)C1.I. The fourth-order valence-corrected chi connectivity index (χ4v) is 4.10. The molecule has 6 nitrogen and oxygen atoms in total. The van der Waals surface area contributed by atoms with Crippen LogP contribution in [-0.2, 0) is 13.1 Å². The van der Waals surface area contributed by atoms with E-state index >= 15 is 0 Å². The van der Waals surface area contributed by atoms with Gasteiger partial charge in [0.2, 0.25) is 0 Å². The van der Waals surface area contributed by atoms with Gasteiger partial charge in [0.05, 0.1) is 13.1 Å². The molecule has 1 aromatic carbocycles. The minimum atomic E-state index is 0. The largest absolute Gasteiger partial charge is 0.357 e. The average Bonchev–Trinajstić information content (AvgIpc) is 3.26. The Bertz CT molecular complexity index is 761. The molecule has 1 atom stereocenters. The molecule has 2 heterocycles. The van der Waals surface area contributed by atoms with Crippen LogP contribution < -0.4 is 10.6 Å². The third-order valence-corrected chi connectivity index (χ3v) is 5.70. The van der Waals surface area contributed by atoms with Crippen molar-refractivity contribution in [1.29, 1.82) is 0 Å². The van der Waals surface area contributed by atoms with Crippen molar-refractivity contribution in [2.24, 2.45) is 10.9 Å². The Kier molecular flexibility index (Phi) is 12.0. The summed E-state index contributed by atoms with van der Waals surface area (Å²) in [7, 11) is 0. The van der Waals surface area contributed by atoms with Gasteiger partial charge in [0.1, 0.15) is 0 Å². The minimum absolute atomic E-state index is 0. The molecular weight excluding hydrogens is 499 g/mol. The number of guanidine groups is 1. The zero-order valence-corrected chi connectivity index (χ0v) is 21.4. The maximum Gasteiger partial charge on any atom is 0.191 e. The number of halogens is 1. The van der Waals surface area contributed by atoms with Crippen LogP contribution in [0, 0.1) is 5.92 Å². The van der Waals surface area contributed by atoms with Crippen LogP contribution in [-0.4, -0.2) is 53.4 Å². The molecule has 0 spiro atoms. The van der Waals surface area contributed by atoms with Crippen molar-refractivity contribution in [2.45, 2.75) is 52.6 Å². The van der Waals surface area contributed by atoms with Crippen LogP contribution in [0.1, 0.15) is 50.7 Å². The monoisotopic (exact) mass is 538 g/mol. The molecule has 1 fully saturated rings. The Labute approximate surface area is 204 Å². The summed E-state index contributed by atoms with van der Waals surface area (Å²) in [5.74, 6) is 1.76. The first-order valence-electron chi connectivity index (χ1n) is 11.5. The summed E-state index contributed by atoms with van der Waals surface area (Å²) in [6.07, 6.45) is 8.98. The molecule has 2 N–H and O–H groups in total. The molecule has 0 amide bonds. The van der Waals surface area contributed by atoms with E-state index in [0.717, 1.165) is 31.5 Å². The first-order valence-corrected chi connectivity index (χ1v) is 11.5. The highest BCUT2D eigenvalue weighted by atomic mass is 127. The topological polar surface area (TPSA) is 57.5 Å². The minimum Gasteiger partial charge on any atom is -0.357 e. The Morgan fingerprint density at radius 1 is 1.16 bits per heavy atom. The highest BCUT2D eigenvalue weighted by molar-refractivity contribution is 14.0. The van der Waals surface area contributed by atoms with E-state index in [4.69, 9.17) is 4.99 Å². The maximum atomic E-state index is 4.83. The van der Waals surface area contributed by atoms with Gasteiger partial charge in [-0.3, -0.25) is 4.68 Å². The Morgan fingerprint density at radius 2 is 2.00 bits per heavy atom. The third-order valence-electron chi connectivity index (χ3n) is 5.70. The lowest BCUT2D eigenvalue weighted by molar-refractivity contribution is 0.181. The van der Waals surface area contributed by atoms with Crippen LogP contribution in [0.25, 0.3) is 0 Å². The maximum absolute atomic E-state index is 4.83. The van der Waals surface area contributed by atoms with Crippen molar-refractivity contribution in [3.8, 4) is 0 Å². The predicted octanol–water partition coefficient (Wildman–Crippen LogP) is 4.12. The number of unbranched alkanes of at least 4 members (excludes halogenated alkanes) is 1. The first-order chi connectivity index (χ1) is 14.7. The van der Waals surface area contributed by atoms with Crippen molar-refractivity contribution in [2.75, 3.05) is 32.7 Å². The van der Waals surface area contributed by atoms with E-state index < -0.39 is 0 Å². The molecule has 3 rings (SSSR count). The Hall–Kier alpha value is -1.61. The van der Waals surface area contributed by atoms with E-state index in [9.17, 15) is 0 Å². The second-order valence-electron chi connectivity index (χ2n) is 8.35. The van der Waals surface area contributed by atoms with E-state index in [-0.39, 0.29) is 24.0 Å². The summed E-state index contributed by atoms with van der Waals surface area (Å²) in [6.45, 7) is 11.5. The standard InChI is InChI=1S/C24H38N6.HI/c1-3-25-24(26-13-6-7-15-29-16-8-10-21(2)19-29)27-18-22-11-4-5-12-23(22)20-30-17-9-14-28-30;/h4-5,9,11-12,14,17,21H,3,6-8,10,13,15-16,18-20H2,1-2H3,(H2,25,26,27);1H. The number of hydrogen-bond acceptors (Lipinski definition) is 3. The smallest absolute Gasteiger partial charge is 0.191 e. The van der Waals surface area contributed by atoms with Gasteiger partial charge in [-0.2, -0.15) is 5.10 Å². The van der Waals surface area contributed by atoms with E-state index in [2.05, 4.69) is 58.7 Å². The Morgan fingerprint density at radius 3 is 2.74 bits per heavy atom. The van der Waals surface area contributed by atoms with Crippen LogP contribution >= 0.6 is 24.0 Å². The molecule has 0 radical (unpaired) electrons. The molecule has 1 unspecified atom stereocenters. The average molecular weight is 539 g/mol. The summed E-state index contributed by atoms with van der Waals surface area (Å²) in [6, 6.07) is 10.4. The number of rotatable bonds is 10. The van der Waals surface area contributed by atoms with E-state index in [0.29, 0.717) is 6.54 Å². The predicted molar refractivity (Wildman–Crippen MR) is 140 cm³/mol. The van der Waals surface area contributed by atoms with Crippen molar-refractivity contribution in [3.05, 3.63) is 53.9 Å². The van der Waals surface area contributed by atoms with Gasteiger partial charge in [0, 0.05) is 32.0 Å². The zero-order chi connectivity index (χ0) is 21.0. The molecule has 1 aromatic heterocycles. The van der Waals surface area contributed by atoms with Gasteiger partial charge in [0.25, 0.3) is 0 Å². The van der Waals surface area contributed by atoms with Crippen molar-refractivity contribution in [3.63, 3.8) is 0 Å². The second kappa shape index (κ2) is 14.5. The molecule has 2 aromatic rings. The molecule has 0 saturated carbocycles. The lowest BCUT2D eigenvalue weighted by Gasteiger charge is -2.30. The number of aliphatic imine (C=N–C) groups is 1. The number of nitrogens with zero attached hydrogens (tertiary/aromatic N) is 4. The number of nitrogens with one attached hydrogen (secondary N) is 2. The summed E-state index contributed by atoms with van der Waals surface area (Å²) in [4.78, 5) is 7.45. The van der Waals surface area contributed by atoms with Gasteiger partial charge in [-0.1, -0.05) is 31.2 Å². The molecule has 0 aliphatic carbocycles. The number of piperidine rings is 1. The fourth-order valence-electron chi connectivity index (χ4n) is 4.10. The molecule has 1 aliphatic heterocycles. The normalized spacial score (nSPS) is 17.2. The van der Waals surface area contributed by atoms with E-state index in [1.807, 2.05) is 23.1 Å². The fraction of sp³-hybridized carbons (Fsp3) is 0.583. The van der Waals surface area contributed by atoms with Crippen LogP contribution in [0.3, 0.4) is 0 Å². The van der Waals surface area contributed by atoms with Gasteiger partial charge in [-0.05, 0) is 68.8 Å². The first kappa shape index (κ1) is 25.6. The molecule has 172 valence electrons. The van der Waals surface area contributed by atoms with E-state index in [1.165, 1.54) is 56.4 Å². The molecule has 7 heteroatoms. The van der Waals surface area contributed by atoms with Gasteiger partial charge in [0.15, 0.2) is 5.96 Å². The molecule has 1 aliphatic rings. The van der Waals surface area contributed by atoms with Crippen LogP contribution in [0.5, 0.6) is 0 Å². The van der Waals surface area contributed by atoms with E-state index in [1.54, 1.807) is 0 Å². The van der Waals surface area contributed by atoms with Gasteiger partial charge < -0.3 is 15.5 Å². The quantitative estimate of drug-likeness (QED) is 0.207. The third kappa shape index (κ3) is 9.19. The molecular formula is C24H39IN6. The lowest BCUT2D eigenvalue weighted by Crippen LogP contribution is -2.38. The highest BCUT2D eigenvalue weighted by Gasteiger charge is 2.15. The van der Waals surface area contributed by atoms with Crippen molar-refractivity contribution < 1.29 is 0 Å². The molecule has 1 saturated heterocycles. The van der Waals surface area contributed by atoms with Crippen LogP contribution in [0.15, 0.2) is 47.7 Å². The number of hydrogen-bond donors (Lipinski definition) is 2. The molecule has 0 bridgehead atoms. The zero-order valence-electron chi connectivity index (χ0n) is 19.1. The van der Waals surface area contributed by atoms with Gasteiger partial charge in [-0.15, -0.1) is 24.0 Å². The van der Waals surface area contributed by atoms with Crippen molar-refractivity contribution >= 4 is 29.9 Å². The number of benzene rings is 1. The van der Waals surface area contributed by atoms with Gasteiger partial charge >= 0.3 is 0 Å². The highest BCUT2D eigenvalue weighted by Crippen LogP contribution is 2.15. The lowest BCUT2D eigenvalue weighted by atomic mass is 10.0. The van der Waals surface area contributed by atoms with Crippen LogP contribution in [0.4, 0.5) is 0 Å². The Balaban J connectivity index is 0.00000341. The summed E-state index contributed by atoms with van der Waals surface area (Å²) in [5.41, 5.74) is 2.50. The summed E-state index contributed by atoms with van der Waals surface area (Å²) < 4.78 is 1.95. The molecule has 31 heavy (non-hydrogen) atoms.